The number of halogens is 2. The van der Waals surface area contributed by atoms with Crippen LogP contribution in [0.2, 0.25) is 10.0 Å². The number of aliphatic hydroxyl groups excluding tert-OH is 3. The number of nitrogens with zero attached hydrogens (tertiary/aromatic N) is 1. The minimum absolute atomic E-state index is 0.00738. The number of rotatable bonds is 9. The second-order valence-electron chi connectivity index (χ2n) is 10.2. The molecule has 0 radical (unpaired) electrons. The molecule has 220 valence electrons. The Labute approximate surface area is 247 Å². The molecule has 0 aromatic heterocycles. The van der Waals surface area contributed by atoms with Crippen LogP contribution in [0, 0.1) is 0 Å². The Bertz CT molecular complexity index is 1350. The Kier molecular flexibility index (Phi) is 9.08. The van der Waals surface area contributed by atoms with Crippen LogP contribution in [0.5, 0.6) is 11.5 Å². The summed E-state index contributed by atoms with van der Waals surface area (Å²) in [4.78, 5) is 28.8. The zero-order valence-electron chi connectivity index (χ0n) is 22.4. The first kappa shape index (κ1) is 29.6. The van der Waals surface area contributed by atoms with E-state index in [4.69, 9.17) is 37.4 Å². The highest BCUT2D eigenvalue weighted by Gasteiger charge is 2.52. The Morgan fingerprint density at radius 1 is 1.20 bits per heavy atom. The minimum Gasteiger partial charge on any atom is -0.493 e. The van der Waals surface area contributed by atoms with E-state index in [1.807, 2.05) is 0 Å². The summed E-state index contributed by atoms with van der Waals surface area (Å²) in [6, 6.07) is 7.30. The van der Waals surface area contributed by atoms with Crippen LogP contribution in [-0.2, 0) is 27.5 Å². The van der Waals surface area contributed by atoms with Gasteiger partial charge in [-0.05, 0) is 54.3 Å². The van der Waals surface area contributed by atoms with Crippen molar-refractivity contribution in [2.75, 3.05) is 26.9 Å². The third-order valence-electron chi connectivity index (χ3n) is 7.70. The molecule has 12 heteroatoms. The van der Waals surface area contributed by atoms with Gasteiger partial charge in [0.05, 0.1) is 32.3 Å². The molecule has 2 aromatic rings. The summed E-state index contributed by atoms with van der Waals surface area (Å²) >= 11 is 12.6. The number of nitrogens with one attached hydrogen (secondary N) is 1. The maximum atomic E-state index is 13.9. The SMILES string of the molecule is COc1cc(CO)cc2c1OC1C2C(C(=O)NCCO)=CC(N(Cc2ccc(Cl)cc2Cl)C(=O)C2CCCO2)C1O. The fourth-order valence-corrected chi connectivity index (χ4v) is 6.21. The monoisotopic (exact) mass is 606 g/mol. The molecular weight excluding hydrogens is 575 g/mol. The van der Waals surface area contributed by atoms with Crippen molar-refractivity contribution >= 4 is 35.0 Å². The maximum absolute atomic E-state index is 13.9. The standard InChI is InChI=1S/C29H32Cl2N2O8/c1-39-23-10-15(14-35)9-18-24-19(28(37)32-6-7-34)12-21(25(36)27(24)41-26(18)23)33(29(38)22-3-2-8-40-22)13-16-4-5-17(30)11-20(16)31/h4-5,9-12,21-22,24-25,27,34-36H,2-3,6-8,13-14H2,1H3,(H,32,37). The predicted molar refractivity (Wildman–Crippen MR) is 150 cm³/mol. The molecule has 1 fully saturated rings. The van der Waals surface area contributed by atoms with E-state index in [2.05, 4.69) is 5.32 Å². The van der Waals surface area contributed by atoms with Crippen molar-refractivity contribution in [2.24, 2.45) is 0 Å². The van der Waals surface area contributed by atoms with E-state index in [9.17, 15) is 24.9 Å². The minimum atomic E-state index is -1.26. The first-order valence-electron chi connectivity index (χ1n) is 13.4. The van der Waals surface area contributed by atoms with Crippen LogP contribution in [0.15, 0.2) is 42.0 Å². The first-order valence-corrected chi connectivity index (χ1v) is 14.2. The molecule has 2 aliphatic heterocycles. The molecule has 2 aromatic carbocycles. The molecule has 10 nitrogen and oxygen atoms in total. The van der Waals surface area contributed by atoms with E-state index in [1.165, 1.54) is 12.0 Å². The van der Waals surface area contributed by atoms with Gasteiger partial charge >= 0.3 is 0 Å². The summed E-state index contributed by atoms with van der Waals surface area (Å²) in [5.41, 5.74) is 1.96. The van der Waals surface area contributed by atoms with Gasteiger partial charge in [-0.15, -0.1) is 0 Å². The van der Waals surface area contributed by atoms with Gasteiger partial charge in [0.1, 0.15) is 18.3 Å². The largest absolute Gasteiger partial charge is 0.493 e. The molecule has 4 N–H and O–H groups in total. The molecule has 0 spiro atoms. The lowest BCUT2D eigenvalue weighted by Crippen LogP contribution is -2.57. The first-order chi connectivity index (χ1) is 19.8. The number of fused-ring (bicyclic) bond motifs is 3. The smallest absolute Gasteiger partial charge is 0.252 e. The zero-order chi connectivity index (χ0) is 29.3. The fourth-order valence-electron chi connectivity index (χ4n) is 5.74. The van der Waals surface area contributed by atoms with Crippen LogP contribution in [0.4, 0.5) is 0 Å². The average molecular weight is 607 g/mol. The van der Waals surface area contributed by atoms with Crippen molar-refractivity contribution < 1.29 is 39.1 Å². The van der Waals surface area contributed by atoms with Crippen molar-refractivity contribution in [1.29, 1.82) is 0 Å². The van der Waals surface area contributed by atoms with Crippen molar-refractivity contribution in [3.63, 3.8) is 0 Å². The molecule has 5 unspecified atom stereocenters. The third-order valence-corrected chi connectivity index (χ3v) is 8.29. The molecular formula is C29H32Cl2N2O8. The Morgan fingerprint density at radius 3 is 2.66 bits per heavy atom. The van der Waals surface area contributed by atoms with Crippen molar-refractivity contribution in [3.8, 4) is 11.5 Å². The van der Waals surface area contributed by atoms with E-state index in [1.54, 1.807) is 36.4 Å². The van der Waals surface area contributed by atoms with Gasteiger partial charge in [-0.2, -0.15) is 0 Å². The number of methoxy groups -OCH3 is 1. The van der Waals surface area contributed by atoms with Gasteiger partial charge in [0.2, 0.25) is 5.91 Å². The molecule has 1 aliphatic carbocycles. The van der Waals surface area contributed by atoms with Gasteiger partial charge in [-0.25, -0.2) is 0 Å². The summed E-state index contributed by atoms with van der Waals surface area (Å²) in [6.45, 7) is -0.0743. The molecule has 5 rings (SSSR count). The lowest BCUT2D eigenvalue weighted by Gasteiger charge is -2.41. The van der Waals surface area contributed by atoms with Crippen LogP contribution < -0.4 is 14.8 Å². The second kappa shape index (κ2) is 12.6. The molecule has 41 heavy (non-hydrogen) atoms. The highest BCUT2D eigenvalue weighted by atomic mass is 35.5. The van der Waals surface area contributed by atoms with Crippen molar-refractivity contribution in [2.45, 2.75) is 56.3 Å². The Hall–Kier alpha value is -2.86. The van der Waals surface area contributed by atoms with Crippen LogP contribution in [0.1, 0.15) is 35.4 Å². The number of amides is 2. The van der Waals surface area contributed by atoms with Crippen LogP contribution in [0.3, 0.4) is 0 Å². The van der Waals surface area contributed by atoms with Crippen LogP contribution >= 0.6 is 23.2 Å². The van der Waals surface area contributed by atoms with Crippen LogP contribution in [0.25, 0.3) is 0 Å². The number of benzene rings is 2. The summed E-state index contributed by atoms with van der Waals surface area (Å²) < 4.78 is 17.5. The van der Waals surface area contributed by atoms with E-state index in [0.29, 0.717) is 51.3 Å². The summed E-state index contributed by atoms with van der Waals surface area (Å²) in [5.74, 6) is -0.866. The number of hydrogen-bond acceptors (Lipinski definition) is 8. The van der Waals surface area contributed by atoms with Gasteiger partial charge in [0.15, 0.2) is 11.5 Å². The van der Waals surface area contributed by atoms with Gasteiger partial charge in [0.25, 0.3) is 5.91 Å². The normalized spacial score (nSPS) is 24.6. The lowest BCUT2D eigenvalue weighted by molar-refractivity contribution is -0.147. The van der Waals surface area contributed by atoms with E-state index in [-0.39, 0.29) is 37.8 Å². The number of carbonyl (C=O) groups excluding carboxylic acids is 2. The third kappa shape index (κ3) is 5.77. The quantitative estimate of drug-likeness (QED) is 0.341. The van der Waals surface area contributed by atoms with Crippen LogP contribution in [-0.4, -0.2) is 83.3 Å². The summed E-state index contributed by atoms with van der Waals surface area (Å²) in [5, 5.41) is 34.5. The maximum Gasteiger partial charge on any atom is 0.252 e. The Balaban J connectivity index is 1.61. The van der Waals surface area contributed by atoms with Gasteiger partial charge < -0.3 is 39.7 Å². The predicted octanol–water partition coefficient (Wildman–Crippen LogP) is 2.32. The summed E-state index contributed by atoms with van der Waals surface area (Å²) in [7, 11) is 1.46. The molecule has 2 amide bonds. The molecule has 3 aliphatic rings. The number of carbonyl (C=O) groups is 2. The lowest BCUT2D eigenvalue weighted by atomic mass is 9.77. The van der Waals surface area contributed by atoms with Gasteiger partial charge in [-0.3, -0.25) is 9.59 Å². The summed E-state index contributed by atoms with van der Waals surface area (Å²) in [6.07, 6.45) is -0.111. The van der Waals surface area contributed by atoms with Gasteiger partial charge in [-0.1, -0.05) is 29.3 Å². The molecule has 0 saturated carbocycles. The number of ether oxygens (including phenoxy) is 3. The van der Waals surface area contributed by atoms with E-state index in [0.717, 1.165) is 6.42 Å². The molecule has 0 bridgehead atoms. The fraction of sp³-hybridized carbons (Fsp3) is 0.448. The topological polar surface area (TPSA) is 138 Å². The Morgan fingerprint density at radius 2 is 2.00 bits per heavy atom. The molecule has 2 heterocycles. The van der Waals surface area contributed by atoms with Gasteiger partial charge in [0, 0.05) is 40.9 Å². The average Bonchev–Trinajstić information content (AvgIpc) is 3.64. The van der Waals surface area contributed by atoms with Crippen molar-refractivity contribution in [1.82, 2.24) is 10.2 Å². The van der Waals surface area contributed by atoms with E-state index >= 15 is 0 Å². The van der Waals surface area contributed by atoms with E-state index < -0.39 is 36.2 Å². The molecule has 1 saturated heterocycles. The highest BCUT2D eigenvalue weighted by molar-refractivity contribution is 6.35. The number of aliphatic hydroxyl groups is 3. The second-order valence-corrected chi connectivity index (χ2v) is 11.1. The zero-order valence-corrected chi connectivity index (χ0v) is 23.9. The molecule has 5 atom stereocenters. The van der Waals surface area contributed by atoms with Crippen molar-refractivity contribution in [3.05, 3.63) is 68.7 Å². The highest BCUT2D eigenvalue weighted by Crippen LogP contribution is 2.51. The number of hydrogen-bond donors (Lipinski definition) is 4.